The molecule has 0 unspecified atom stereocenters. The second-order valence-corrected chi connectivity index (χ2v) is 4.66. The van der Waals surface area contributed by atoms with Gasteiger partial charge in [-0.25, -0.2) is 0 Å². The van der Waals surface area contributed by atoms with Crippen LogP contribution in [0.15, 0.2) is 30.5 Å². The highest BCUT2D eigenvalue weighted by molar-refractivity contribution is 6.12. The van der Waals surface area contributed by atoms with Crippen LogP contribution in [0.1, 0.15) is 16.2 Å². The Morgan fingerprint density at radius 3 is 3.05 bits per heavy atom. The molecule has 21 heavy (non-hydrogen) atoms. The van der Waals surface area contributed by atoms with Crippen LogP contribution in [0.3, 0.4) is 0 Å². The van der Waals surface area contributed by atoms with Gasteiger partial charge in [0.05, 0.1) is 5.56 Å². The van der Waals surface area contributed by atoms with Crippen molar-refractivity contribution in [3.05, 3.63) is 41.9 Å². The van der Waals surface area contributed by atoms with Gasteiger partial charge >= 0.3 is 0 Å². The third kappa shape index (κ3) is 2.50. The molecule has 0 aliphatic carbocycles. The standard InChI is InChI=1S/C14H15N5O2/c1-19-7-10(9-5-3-4-6-11(9)19)13(20)16-14-15-12(8-21-2)17-18-14/h3-7H,8H2,1-2H3,(H2,15,16,17,18,20). The first-order chi connectivity index (χ1) is 10.2. The van der Waals surface area contributed by atoms with E-state index in [1.54, 1.807) is 13.3 Å². The highest BCUT2D eigenvalue weighted by Gasteiger charge is 2.15. The van der Waals surface area contributed by atoms with Crippen LogP contribution in [0.25, 0.3) is 10.9 Å². The van der Waals surface area contributed by atoms with Crippen LogP contribution >= 0.6 is 0 Å². The number of anilines is 1. The molecule has 7 nitrogen and oxygen atoms in total. The topological polar surface area (TPSA) is 84.8 Å². The molecule has 2 heterocycles. The molecule has 1 amide bonds. The summed E-state index contributed by atoms with van der Waals surface area (Å²) < 4.78 is 6.86. The number of H-pyrrole nitrogens is 1. The van der Waals surface area contributed by atoms with Gasteiger partial charge in [-0.1, -0.05) is 18.2 Å². The highest BCUT2D eigenvalue weighted by Crippen LogP contribution is 2.20. The Kier molecular flexibility index (Phi) is 3.41. The van der Waals surface area contributed by atoms with E-state index in [1.165, 1.54) is 0 Å². The van der Waals surface area contributed by atoms with E-state index in [4.69, 9.17) is 4.74 Å². The summed E-state index contributed by atoms with van der Waals surface area (Å²) in [5.74, 6) is 0.556. The Bertz CT molecular complexity index is 790. The zero-order valence-corrected chi connectivity index (χ0v) is 11.8. The molecule has 7 heteroatoms. The van der Waals surface area contributed by atoms with Crippen LogP contribution in [0, 0.1) is 0 Å². The predicted octanol–water partition coefficient (Wildman–Crippen LogP) is 1.70. The summed E-state index contributed by atoms with van der Waals surface area (Å²) in [5, 5.41) is 10.2. The maximum atomic E-state index is 12.4. The largest absolute Gasteiger partial charge is 0.377 e. The number of benzene rings is 1. The smallest absolute Gasteiger partial charge is 0.260 e. The summed E-state index contributed by atoms with van der Waals surface area (Å²) in [6.07, 6.45) is 1.79. The lowest BCUT2D eigenvalue weighted by Crippen LogP contribution is -2.12. The maximum Gasteiger partial charge on any atom is 0.260 e. The van der Waals surface area contributed by atoms with Crippen LogP contribution in [0.5, 0.6) is 0 Å². The predicted molar refractivity (Wildman–Crippen MR) is 78.0 cm³/mol. The number of carbonyl (C=O) groups excluding carboxylic acids is 1. The van der Waals surface area contributed by atoms with Crippen LogP contribution in [0.4, 0.5) is 5.95 Å². The summed E-state index contributed by atoms with van der Waals surface area (Å²) in [5.41, 5.74) is 1.59. The van der Waals surface area contributed by atoms with Crippen molar-refractivity contribution in [1.82, 2.24) is 19.7 Å². The number of para-hydroxylation sites is 1. The number of rotatable bonds is 4. The van der Waals surface area contributed by atoms with E-state index in [2.05, 4.69) is 20.5 Å². The lowest BCUT2D eigenvalue weighted by Gasteiger charge is -1.98. The molecule has 0 saturated heterocycles. The molecule has 0 spiro atoms. The summed E-state index contributed by atoms with van der Waals surface area (Å²) >= 11 is 0. The van der Waals surface area contributed by atoms with Gasteiger partial charge in [0.25, 0.3) is 5.91 Å². The van der Waals surface area contributed by atoms with Gasteiger partial charge in [0, 0.05) is 31.3 Å². The molecule has 3 rings (SSSR count). The minimum absolute atomic E-state index is 0.236. The minimum Gasteiger partial charge on any atom is -0.377 e. The lowest BCUT2D eigenvalue weighted by atomic mass is 10.1. The first-order valence-corrected chi connectivity index (χ1v) is 6.44. The van der Waals surface area contributed by atoms with Crippen LogP contribution in [-0.2, 0) is 18.4 Å². The molecule has 2 N–H and O–H groups in total. The van der Waals surface area contributed by atoms with E-state index < -0.39 is 0 Å². The Labute approximate surface area is 120 Å². The van der Waals surface area contributed by atoms with Crippen molar-refractivity contribution in [3.8, 4) is 0 Å². The summed E-state index contributed by atoms with van der Waals surface area (Å²) in [4.78, 5) is 16.5. The van der Waals surface area contributed by atoms with Crippen molar-refractivity contribution in [2.24, 2.45) is 7.05 Å². The second-order valence-electron chi connectivity index (χ2n) is 4.66. The number of nitrogens with one attached hydrogen (secondary N) is 2. The number of aromatic amines is 1. The molecular formula is C14H15N5O2. The van der Waals surface area contributed by atoms with Crippen molar-refractivity contribution in [2.75, 3.05) is 12.4 Å². The van der Waals surface area contributed by atoms with Crippen molar-refractivity contribution in [3.63, 3.8) is 0 Å². The van der Waals surface area contributed by atoms with Crippen LogP contribution < -0.4 is 5.32 Å². The maximum absolute atomic E-state index is 12.4. The number of hydrogen-bond donors (Lipinski definition) is 2. The Morgan fingerprint density at radius 2 is 2.24 bits per heavy atom. The monoisotopic (exact) mass is 285 g/mol. The van der Waals surface area contributed by atoms with E-state index in [1.807, 2.05) is 35.9 Å². The van der Waals surface area contributed by atoms with E-state index in [9.17, 15) is 4.79 Å². The first-order valence-electron chi connectivity index (χ1n) is 6.44. The van der Waals surface area contributed by atoms with Crippen LogP contribution in [-0.4, -0.2) is 32.8 Å². The van der Waals surface area contributed by atoms with E-state index in [0.29, 0.717) is 18.0 Å². The number of ether oxygens (including phenoxy) is 1. The van der Waals surface area contributed by atoms with Crippen molar-refractivity contribution >= 4 is 22.8 Å². The van der Waals surface area contributed by atoms with E-state index >= 15 is 0 Å². The fourth-order valence-corrected chi connectivity index (χ4v) is 2.24. The number of amides is 1. The Hall–Kier alpha value is -2.67. The number of aryl methyl sites for hydroxylation is 1. The SMILES string of the molecule is COCc1nc(NC(=O)c2cn(C)c3ccccc23)n[nH]1. The quantitative estimate of drug-likeness (QED) is 0.764. The van der Waals surface area contributed by atoms with Gasteiger partial charge < -0.3 is 9.30 Å². The summed E-state index contributed by atoms with van der Waals surface area (Å²) in [7, 11) is 3.47. The van der Waals surface area contributed by atoms with Gasteiger partial charge in [-0.15, -0.1) is 5.10 Å². The van der Waals surface area contributed by atoms with E-state index in [0.717, 1.165) is 10.9 Å². The molecule has 0 aliphatic heterocycles. The number of hydrogen-bond acceptors (Lipinski definition) is 4. The zero-order chi connectivity index (χ0) is 14.8. The fraction of sp³-hybridized carbons (Fsp3) is 0.214. The van der Waals surface area contributed by atoms with Crippen molar-refractivity contribution in [2.45, 2.75) is 6.61 Å². The molecular weight excluding hydrogens is 270 g/mol. The molecule has 1 aromatic carbocycles. The van der Waals surface area contributed by atoms with E-state index in [-0.39, 0.29) is 11.9 Å². The third-order valence-electron chi connectivity index (χ3n) is 3.18. The lowest BCUT2D eigenvalue weighted by molar-refractivity contribution is 0.102. The number of methoxy groups -OCH3 is 1. The molecule has 0 aliphatic rings. The fourth-order valence-electron chi connectivity index (χ4n) is 2.24. The first kappa shape index (κ1) is 13.3. The molecule has 108 valence electrons. The molecule has 0 radical (unpaired) electrons. The van der Waals surface area contributed by atoms with Crippen LogP contribution in [0.2, 0.25) is 0 Å². The van der Waals surface area contributed by atoms with Gasteiger partial charge in [0.2, 0.25) is 5.95 Å². The number of nitrogens with zero attached hydrogens (tertiary/aromatic N) is 3. The van der Waals surface area contributed by atoms with Crippen molar-refractivity contribution < 1.29 is 9.53 Å². The average Bonchev–Trinajstić information content (AvgIpc) is 3.05. The molecule has 0 saturated carbocycles. The molecule has 2 aromatic heterocycles. The molecule has 0 fully saturated rings. The number of aromatic nitrogens is 4. The summed E-state index contributed by atoms with van der Waals surface area (Å²) in [6, 6.07) is 7.73. The Balaban J connectivity index is 1.86. The summed E-state index contributed by atoms with van der Waals surface area (Å²) in [6.45, 7) is 0.317. The van der Waals surface area contributed by atoms with Gasteiger partial charge in [0.1, 0.15) is 6.61 Å². The number of carbonyl (C=O) groups is 1. The molecule has 0 atom stereocenters. The zero-order valence-electron chi connectivity index (χ0n) is 11.8. The molecule has 3 aromatic rings. The normalized spacial score (nSPS) is 11.0. The highest BCUT2D eigenvalue weighted by atomic mass is 16.5. The Morgan fingerprint density at radius 1 is 1.43 bits per heavy atom. The van der Waals surface area contributed by atoms with Crippen molar-refractivity contribution in [1.29, 1.82) is 0 Å². The third-order valence-corrected chi connectivity index (χ3v) is 3.18. The number of fused-ring (bicyclic) bond motifs is 1. The van der Waals surface area contributed by atoms with Gasteiger partial charge in [-0.2, -0.15) is 4.98 Å². The van der Waals surface area contributed by atoms with Gasteiger partial charge in [-0.3, -0.25) is 15.2 Å². The van der Waals surface area contributed by atoms with Gasteiger partial charge in [0.15, 0.2) is 5.82 Å². The average molecular weight is 285 g/mol. The molecule has 0 bridgehead atoms. The second kappa shape index (κ2) is 5.37. The van der Waals surface area contributed by atoms with Gasteiger partial charge in [-0.05, 0) is 6.07 Å². The minimum atomic E-state index is -0.241.